The van der Waals surface area contributed by atoms with Gasteiger partial charge >= 0.3 is 0 Å². The molecule has 2 aliphatic heterocycles. The molecule has 0 bridgehead atoms. The van der Waals surface area contributed by atoms with Crippen molar-refractivity contribution < 1.29 is 9.47 Å². The van der Waals surface area contributed by atoms with E-state index < -0.39 is 0 Å². The van der Waals surface area contributed by atoms with Crippen LogP contribution in [0.2, 0.25) is 0 Å². The summed E-state index contributed by atoms with van der Waals surface area (Å²) < 4.78 is 11.1. The number of nitrogens with zero attached hydrogens (tertiary/aromatic N) is 1. The molecule has 2 rings (SSSR count). The third-order valence-corrected chi connectivity index (χ3v) is 3.22. The predicted molar refractivity (Wildman–Crippen MR) is 60.0 cm³/mol. The quantitative estimate of drug-likeness (QED) is 0.712. The van der Waals surface area contributed by atoms with Crippen molar-refractivity contribution in [3.63, 3.8) is 0 Å². The van der Waals surface area contributed by atoms with Gasteiger partial charge in [-0.05, 0) is 40.2 Å². The van der Waals surface area contributed by atoms with Crippen LogP contribution in [0.15, 0.2) is 0 Å². The molecule has 0 amide bonds. The van der Waals surface area contributed by atoms with E-state index in [9.17, 15) is 0 Å². The number of hydrogen-bond acceptors (Lipinski definition) is 3. The van der Waals surface area contributed by atoms with Gasteiger partial charge in [-0.15, -0.1) is 0 Å². The van der Waals surface area contributed by atoms with E-state index in [4.69, 9.17) is 9.47 Å². The normalized spacial score (nSPS) is 29.4. The molecule has 0 aromatic carbocycles. The molecular weight excluding hydrogens is 190 g/mol. The van der Waals surface area contributed by atoms with Crippen LogP contribution in [-0.4, -0.2) is 49.0 Å². The first-order valence-electron chi connectivity index (χ1n) is 6.04. The van der Waals surface area contributed by atoms with Gasteiger partial charge in [0, 0.05) is 6.04 Å². The number of ether oxygens (including phenoxy) is 2. The van der Waals surface area contributed by atoms with Gasteiger partial charge in [0.25, 0.3) is 0 Å². The minimum atomic E-state index is -0.00955. The SMILES string of the molecule is CC(C)(C)OCC1CCCN1C1COC1. The summed E-state index contributed by atoms with van der Waals surface area (Å²) in [5, 5.41) is 0. The maximum atomic E-state index is 5.88. The summed E-state index contributed by atoms with van der Waals surface area (Å²) >= 11 is 0. The molecule has 15 heavy (non-hydrogen) atoms. The van der Waals surface area contributed by atoms with Crippen molar-refractivity contribution in [2.75, 3.05) is 26.4 Å². The first-order chi connectivity index (χ1) is 7.06. The van der Waals surface area contributed by atoms with Gasteiger partial charge in [0.05, 0.1) is 31.5 Å². The lowest BCUT2D eigenvalue weighted by molar-refractivity contribution is -0.0914. The standard InChI is InChI=1S/C12H23NO2/c1-12(2,3)15-9-10-5-4-6-13(10)11-7-14-8-11/h10-11H,4-9H2,1-3H3. The Morgan fingerprint density at radius 3 is 2.60 bits per heavy atom. The fourth-order valence-electron chi connectivity index (χ4n) is 2.28. The van der Waals surface area contributed by atoms with Crippen LogP contribution < -0.4 is 0 Å². The van der Waals surface area contributed by atoms with E-state index >= 15 is 0 Å². The van der Waals surface area contributed by atoms with Crippen LogP contribution in [0.5, 0.6) is 0 Å². The van der Waals surface area contributed by atoms with Crippen LogP contribution in [0.25, 0.3) is 0 Å². The molecule has 0 aromatic rings. The van der Waals surface area contributed by atoms with Gasteiger partial charge in [0.15, 0.2) is 0 Å². The van der Waals surface area contributed by atoms with Crippen molar-refractivity contribution in [2.24, 2.45) is 0 Å². The highest BCUT2D eigenvalue weighted by Gasteiger charge is 2.35. The molecule has 2 aliphatic rings. The molecule has 2 fully saturated rings. The van der Waals surface area contributed by atoms with Gasteiger partial charge in [-0.2, -0.15) is 0 Å². The zero-order chi connectivity index (χ0) is 10.9. The third-order valence-electron chi connectivity index (χ3n) is 3.22. The summed E-state index contributed by atoms with van der Waals surface area (Å²) in [6.07, 6.45) is 2.60. The minimum absolute atomic E-state index is 0.00955. The molecule has 1 unspecified atom stereocenters. The summed E-state index contributed by atoms with van der Waals surface area (Å²) in [7, 11) is 0. The molecule has 0 spiro atoms. The molecule has 3 nitrogen and oxygen atoms in total. The Kier molecular flexibility index (Phi) is 3.33. The lowest BCUT2D eigenvalue weighted by atomic mass is 10.1. The fourth-order valence-corrected chi connectivity index (χ4v) is 2.28. The fraction of sp³-hybridized carbons (Fsp3) is 1.00. The van der Waals surface area contributed by atoms with Crippen LogP contribution in [0.3, 0.4) is 0 Å². The molecule has 88 valence electrons. The van der Waals surface area contributed by atoms with E-state index in [1.165, 1.54) is 19.4 Å². The molecule has 2 heterocycles. The van der Waals surface area contributed by atoms with Crippen LogP contribution in [0.1, 0.15) is 33.6 Å². The second-order valence-electron chi connectivity index (χ2n) is 5.65. The van der Waals surface area contributed by atoms with Crippen LogP contribution >= 0.6 is 0 Å². The maximum absolute atomic E-state index is 5.88. The van der Waals surface area contributed by atoms with E-state index in [0.717, 1.165) is 19.8 Å². The van der Waals surface area contributed by atoms with Crippen molar-refractivity contribution in [2.45, 2.75) is 51.3 Å². The van der Waals surface area contributed by atoms with Crippen molar-refractivity contribution in [3.05, 3.63) is 0 Å². The van der Waals surface area contributed by atoms with Crippen LogP contribution in [0.4, 0.5) is 0 Å². The molecule has 3 heteroatoms. The Labute approximate surface area is 92.7 Å². The maximum Gasteiger partial charge on any atom is 0.0645 e. The average Bonchev–Trinajstić information content (AvgIpc) is 2.44. The smallest absolute Gasteiger partial charge is 0.0645 e. The molecule has 2 saturated heterocycles. The Bertz CT molecular complexity index is 208. The van der Waals surface area contributed by atoms with Crippen molar-refractivity contribution in [1.29, 1.82) is 0 Å². The summed E-state index contributed by atoms with van der Waals surface area (Å²) in [6.45, 7) is 10.3. The third kappa shape index (κ3) is 2.92. The largest absolute Gasteiger partial charge is 0.378 e. The first-order valence-corrected chi connectivity index (χ1v) is 6.04. The highest BCUT2D eigenvalue weighted by Crippen LogP contribution is 2.25. The number of likely N-dealkylation sites (tertiary alicyclic amines) is 1. The number of rotatable bonds is 3. The molecule has 0 saturated carbocycles. The van der Waals surface area contributed by atoms with E-state index in [-0.39, 0.29) is 5.60 Å². The Morgan fingerprint density at radius 2 is 2.07 bits per heavy atom. The van der Waals surface area contributed by atoms with Crippen molar-refractivity contribution >= 4 is 0 Å². The van der Waals surface area contributed by atoms with Crippen molar-refractivity contribution in [3.8, 4) is 0 Å². The second kappa shape index (κ2) is 4.40. The Balaban J connectivity index is 1.80. The molecular formula is C12H23NO2. The lowest BCUT2D eigenvalue weighted by Crippen LogP contribution is -2.52. The minimum Gasteiger partial charge on any atom is -0.378 e. The Morgan fingerprint density at radius 1 is 1.33 bits per heavy atom. The zero-order valence-corrected chi connectivity index (χ0v) is 10.2. The Hall–Kier alpha value is -0.120. The monoisotopic (exact) mass is 213 g/mol. The summed E-state index contributed by atoms with van der Waals surface area (Å²) in [6, 6.07) is 1.29. The molecule has 0 aliphatic carbocycles. The topological polar surface area (TPSA) is 21.7 Å². The molecule has 0 N–H and O–H groups in total. The first kappa shape index (κ1) is 11.4. The van der Waals surface area contributed by atoms with Crippen molar-refractivity contribution in [1.82, 2.24) is 4.90 Å². The van der Waals surface area contributed by atoms with Crippen LogP contribution in [0, 0.1) is 0 Å². The molecule has 0 aromatic heterocycles. The predicted octanol–water partition coefficient (Wildman–Crippen LogP) is 1.66. The highest BCUT2D eigenvalue weighted by molar-refractivity contribution is 4.88. The molecule has 1 atom stereocenters. The zero-order valence-electron chi connectivity index (χ0n) is 10.2. The van der Waals surface area contributed by atoms with Gasteiger partial charge in [-0.3, -0.25) is 4.90 Å². The summed E-state index contributed by atoms with van der Waals surface area (Å²) in [5.74, 6) is 0. The summed E-state index contributed by atoms with van der Waals surface area (Å²) in [4.78, 5) is 2.58. The van der Waals surface area contributed by atoms with Gasteiger partial charge < -0.3 is 9.47 Å². The molecule has 0 radical (unpaired) electrons. The van der Waals surface area contributed by atoms with Gasteiger partial charge in [0.1, 0.15) is 0 Å². The van der Waals surface area contributed by atoms with Gasteiger partial charge in [-0.1, -0.05) is 0 Å². The van der Waals surface area contributed by atoms with Gasteiger partial charge in [-0.25, -0.2) is 0 Å². The highest BCUT2D eigenvalue weighted by atomic mass is 16.5. The average molecular weight is 213 g/mol. The number of hydrogen-bond donors (Lipinski definition) is 0. The van der Waals surface area contributed by atoms with Crippen LogP contribution in [-0.2, 0) is 9.47 Å². The van der Waals surface area contributed by atoms with E-state index in [1.807, 2.05) is 0 Å². The lowest BCUT2D eigenvalue weighted by Gasteiger charge is -2.39. The van der Waals surface area contributed by atoms with E-state index in [0.29, 0.717) is 12.1 Å². The summed E-state index contributed by atoms with van der Waals surface area (Å²) in [5.41, 5.74) is -0.00955. The van der Waals surface area contributed by atoms with E-state index in [2.05, 4.69) is 25.7 Å². The van der Waals surface area contributed by atoms with E-state index in [1.54, 1.807) is 0 Å². The second-order valence-corrected chi connectivity index (χ2v) is 5.65. The van der Waals surface area contributed by atoms with Gasteiger partial charge in [0.2, 0.25) is 0 Å².